The summed E-state index contributed by atoms with van der Waals surface area (Å²) in [5.74, 6) is -1.79. The molecule has 2 heterocycles. The molecule has 0 N–H and O–H groups in total. The number of fused-ring (bicyclic) bond motifs is 1. The highest BCUT2D eigenvalue weighted by atomic mass is 16.5. The fourth-order valence-corrected chi connectivity index (χ4v) is 4.85. The average Bonchev–Trinajstić information content (AvgIpc) is 2.84. The Labute approximate surface area is 203 Å². The Morgan fingerprint density at radius 3 is 2.66 bits per heavy atom. The number of likely N-dealkylation sites (tertiary alicyclic amines) is 1. The highest BCUT2D eigenvalue weighted by Gasteiger charge is 2.42. The molecule has 182 valence electrons. The molecule has 0 radical (unpaired) electrons. The summed E-state index contributed by atoms with van der Waals surface area (Å²) in [7, 11) is 0. The van der Waals surface area contributed by atoms with E-state index in [1.165, 1.54) is 6.07 Å². The van der Waals surface area contributed by atoms with Gasteiger partial charge in [-0.25, -0.2) is 4.79 Å². The van der Waals surface area contributed by atoms with Crippen LogP contribution in [0.3, 0.4) is 0 Å². The number of hydrogen-bond donors (Lipinski definition) is 0. The maximum Gasteiger partial charge on any atom is 0.336 e. The van der Waals surface area contributed by atoms with Crippen molar-refractivity contribution in [2.45, 2.75) is 39.5 Å². The first-order chi connectivity index (χ1) is 16.8. The van der Waals surface area contributed by atoms with E-state index < -0.39 is 17.0 Å². The van der Waals surface area contributed by atoms with Gasteiger partial charge in [-0.05, 0) is 56.4 Å². The van der Waals surface area contributed by atoms with E-state index in [2.05, 4.69) is 0 Å². The first-order valence-corrected chi connectivity index (χ1v) is 11.8. The molecule has 2 atom stereocenters. The van der Waals surface area contributed by atoms with Crippen molar-refractivity contribution in [3.63, 3.8) is 0 Å². The van der Waals surface area contributed by atoms with E-state index in [1.54, 1.807) is 36.9 Å². The summed E-state index contributed by atoms with van der Waals surface area (Å²) in [5.41, 5.74) is 2.08. The minimum absolute atomic E-state index is 0.190. The van der Waals surface area contributed by atoms with Gasteiger partial charge in [0.2, 0.25) is 5.91 Å². The molecule has 7 heteroatoms. The third-order valence-electron chi connectivity index (χ3n) is 6.74. The molecule has 3 aromatic rings. The van der Waals surface area contributed by atoms with E-state index in [9.17, 15) is 19.2 Å². The molecule has 1 amide bonds. The molecule has 2 aromatic carbocycles. The van der Waals surface area contributed by atoms with E-state index in [0.29, 0.717) is 42.2 Å². The van der Waals surface area contributed by atoms with Crippen molar-refractivity contribution in [1.29, 1.82) is 0 Å². The predicted octanol–water partition coefficient (Wildman–Crippen LogP) is 4.24. The van der Waals surface area contributed by atoms with Crippen LogP contribution >= 0.6 is 0 Å². The molecule has 1 saturated heterocycles. The number of aldehydes is 1. The number of benzene rings is 2. The first kappa shape index (κ1) is 24.4. The lowest BCUT2D eigenvalue weighted by Gasteiger charge is -2.39. The molecule has 1 aliphatic rings. The minimum Gasteiger partial charge on any atom is -0.466 e. The number of ether oxygens (including phenoxy) is 1. The number of amides is 1. The Morgan fingerprint density at radius 1 is 1.17 bits per heavy atom. The monoisotopic (exact) mass is 475 g/mol. The van der Waals surface area contributed by atoms with Gasteiger partial charge in [0.1, 0.15) is 17.8 Å². The van der Waals surface area contributed by atoms with Crippen LogP contribution in [-0.2, 0) is 19.1 Å². The molecule has 0 aliphatic carbocycles. The van der Waals surface area contributed by atoms with Crippen LogP contribution < -0.4 is 5.63 Å². The highest BCUT2D eigenvalue weighted by Crippen LogP contribution is 2.34. The van der Waals surface area contributed by atoms with Crippen LogP contribution in [0, 0.1) is 12.3 Å². The van der Waals surface area contributed by atoms with Crippen LogP contribution in [0.5, 0.6) is 0 Å². The van der Waals surface area contributed by atoms with Crippen molar-refractivity contribution in [2.24, 2.45) is 5.41 Å². The van der Waals surface area contributed by atoms with Crippen molar-refractivity contribution in [1.82, 2.24) is 4.90 Å². The van der Waals surface area contributed by atoms with E-state index in [-0.39, 0.29) is 25.0 Å². The Balaban J connectivity index is 1.68. The van der Waals surface area contributed by atoms with E-state index >= 15 is 0 Å². The third kappa shape index (κ3) is 4.76. The van der Waals surface area contributed by atoms with Crippen molar-refractivity contribution in [3.8, 4) is 11.1 Å². The van der Waals surface area contributed by atoms with Gasteiger partial charge >= 0.3 is 11.6 Å². The van der Waals surface area contributed by atoms with Crippen LogP contribution in [0.1, 0.15) is 43.7 Å². The summed E-state index contributed by atoms with van der Waals surface area (Å²) in [6.07, 6.45) is 1.85. The van der Waals surface area contributed by atoms with Gasteiger partial charge in [-0.1, -0.05) is 36.4 Å². The Hall–Kier alpha value is -3.74. The van der Waals surface area contributed by atoms with Gasteiger partial charge in [-0.15, -0.1) is 0 Å². The largest absolute Gasteiger partial charge is 0.466 e. The summed E-state index contributed by atoms with van der Waals surface area (Å²) in [6.45, 7) is 6.42. The number of nitrogens with zero attached hydrogens (tertiary/aromatic N) is 1. The third-order valence-corrected chi connectivity index (χ3v) is 6.74. The number of rotatable bonds is 6. The molecule has 1 aromatic heterocycles. The molecule has 7 nitrogen and oxygen atoms in total. The molecule has 35 heavy (non-hydrogen) atoms. The second-order valence-electron chi connectivity index (χ2n) is 9.31. The predicted molar refractivity (Wildman–Crippen MR) is 132 cm³/mol. The lowest BCUT2D eigenvalue weighted by Crippen LogP contribution is -2.50. The van der Waals surface area contributed by atoms with Crippen molar-refractivity contribution in [3.05, 3.63) is 70.1 Å². The normalized spacial score (nSPS) is 18.8. The zero-order chi connectivity index (χ0) is 25.2. The van der Waals surface area contributed by atoms with E-state index in [1.807, 2.05) is 31.2 Å². The standard InChI is InChI=1S/C28H29NO6/c1-4-34-27(33)28(3)12-7-13-29(17-28)26(32)23(16-30)19-10-11-21-22(15-25(31)35-24(21)14-19)20-9-6-5-8-18(20)2/h5-6,8-11,14-16,23H,4,7,12-13,17H2,1-3H3. The maximum atomic E-state index is 13.4. The molecule has 1 aliphatic heterocycles. The second kappa shape index (κ2) is 9.86. The van der Waals surface area contributed by atoms with Crippen molar-refractivity contribution < 1.29 is 23.5 Å². The van der Waals surface area contributed by atoms with Crippen molar-refractivity contribution in [2.75, 3.05) is 19.7 Å². The van der Waals surface area contributed by atoms with E-state index in [0.717, 1.165) is 16.7 Å². The molecule has 0 spiro atoms. The van der Waals surface area contributed by atoms with Crippen LogP contribution in [0.4, 0.5) is 0 Å². The number of hydrogen-bond acceptors (Lipinski definition) is 6. The fourth-order valence-electron chi connectivity index (χ4n) is 4.85. The summed E-state index contributed by atoms with van der Waals surface area (Å²) in [4.78, 5) is 51.9. The average molecular weight is 476 g/mol. The minimum atomic E-state index is -1.07. The van der Waals surface area contributed by atoms with Gasteiger partial charge in [-0.3, -0.25) is 9.59 Å². The summed E-state index contributed by atoms with van der Waals surface area (Å²) in [6, 6.07) is 14.3. The molecule has 0 saturated carbocycles. The van der Waals surface area contributed by atoms with Gasteiger partial charge in [0.15, 0.2) is 0 Å². The van der Waals surface area contributed by atoms with E-state index in [4.69, 9.17) is 9.15 Å². The van der Waals surface area contributed by atoms with Gasteiger partial charge < -0.3 is 18.8 Å². The molecule has 2 unspecified atom stereocenters. The summed E-state index contributed by atoms with van der Waals surface area (Å²) >= 11 is 0. The molecule has 4 rings (SSSR count). The first-order valence-electron chi connectivity index (χ1n) is 11.8. The molecule has 1 fully saturated rings. The number of carbonyl (C=O) groups is 3. The fraction of sp³-hybridized carbons (Fsp3) is 0.357. The lowest BCUT2D eigenvalue weighted by molar-refractivity contribution is -0.159. The Bertz CT molecular complexity index is 1340. The second-order valence-corrected chi connectivity index (χ2v) is 9.31. The Kier molecular flexibility index (Phi) is 6.87. The van der Waals surface area contributed by atoms with Crippen LogP contribution in [-0.4, -0.2) is 42.8 Å². The van der Waals surface area contributed by atoms with Gasteiger partial charge in [0.05, 0.1) is 12.0 Å². The van der Waals surface area contributed by atoms with Gasteiger partial charge in [0, 0.05) is 30.1 Å². The summed E-state index contributed by atoms with van der Waals surface area (Å²) < 4.78 is 10.7. The van der Waals surface area contributed by atoms with Gasteiger partial charge in [0.25, 0.3) is 0 Å². The van der Waals surface area contributed by atoms with Crippen molar-refractivity contribution >= 4 is 29.1 Å². The topological polar surface area (TPSA) is 93.9 Å². The van der Waals surface area contributed by atoms with Crippen LogP contribution in [0.25, 0.3) is 22.1 Å². The number of carbonyl (C=O) groups excluding carboxylic acids is 3. The highest BCUT2D eigenvalue weighted by molar-refractivity contribution is 6.00. The number of esters is 1. The number of aryl methyl sites for hydroxylation is 1. The maximum absolute atomic E-state index is 13.4. The summed E-state index contributed by atoms with van der Waals surface area (Å²) in [5, 5.41) is 0.715. The van der Waals surface area contributed by atoms with Crippen LogP contribution in [0.2, 0.25) is 0 Å². The smallest absolute Gasteiger partial charge is 0.336 e. The zero-order valence-corrected chi connectivity index (χ0v) is 20.2. The Morgan fingerprint density at radius 2 is 1.94 bits per heavy atom. The van der Waals surface area contributed by atoms with Crippen LogP contribution in [0.15, 0.2) is 57.7 Å². The zero-order valence-electron chi connectivity index (χ0n) is 20.2. The quantitative estimate of drug-likeness (QED) is 0.229. The van der Waals surface area contributed by atoms with Gasteiger partial charge in [-0.2, -0.15) is 0 Å². The molecular formula is C28H29NO6. The SMILES string of the molecule is CCOC(=O)C1(C)CCCN(C(=O)C(C=O)c2ccc3c(-c4ccccc4C)cc(=O)oc3c2)C1. The molecular weight excluding hydrogens is 446 g/mol. The molecule has 0 bridgehead atoms. The number of piperidine rings is 1. The lowest BCUT2D eigenvalue weighted by atomic mass is 9.81.